The van der Waals surface area contributed by atoms with Crippen molar-refractivity contribution in [2.24, 2.45) is 5.92 Å². The van der Waals surface area contributed by atoms with Gasteiger partial charge < -0.3 is 5.32 Å². The Balaban J connectivity index is 1.77. The van der Waals surface area contributed by atoms with Gasteiger partial charge in [-0.05, 0) is 24.1 Å². The van der Waals surface area contributed by atoms with Crippen LogP contribution in [0.15, 0.2) is 18.3 Å². The van der Waals surface area contributed by atoms with Crippen molar-refractivity contribution in [3.05, 3.63) is 29.6 Å². The van der Waals surface area contributed by atoms with E-state index in [0.717, 1.165) is 49.9 Å². The van der Waals surface area contributed by atoms with E-state index in [0.29, 0.717) is 5.92 Å². The molecule has 2 heterocycles. The van der Waals surface area contributed by atoms with Crippen LogP contribution < -0.4 is 5.32 Å². The molecule has 0 aliphatic carbocycles. The lowest BCUT2D eigenvalue weighted by Crippen LogP contribution is -2.37. The fraction of sp³-hybridized carbons (Fsp3) is 0.667. The fourth-order valence-corrected chi connectivity index (χ4v) is 3.35. The summed E-state index contributed by atoms with van der Waals surface area (Å²) < 4.78 is 11.3. The lowest BCUT2D eigenvalue weighted by atomic mass is 10.2. The molecule has 0 bridgehead atoms. The smallest absolute Gasteiger partial charge is 0.0544 e. The zero-order chi connectivity index (χ0) is 14.4. The monoisotopic (exact) mass is 295 g/mol. The Morgan fingerprint density at radius 1 is 1.35 bits per heavy atom. The fourth-order valence-electron chi connectivity index (χ4n) is 2.22. The van der Waals surface area contributed by atoms with Gasteiger partial charge in [-0.3, -0.25) is 14.1 Å². The summed E-state index contributed by atoms with van der Waals surface area (Å²) >= 11 is 0. The molecule has 1 N–H and O–H groups in total. The van der Waals surface area contributed by atoms with Gasteiger partial charge in [0.25, 0.3) is 0 Å². The van der Waals surface area contributed by atoms with E-state index in [1.54, 1.807) is 0 Å². The summed E-state index contributed by atoms with van der Waals surface area (Å²) in [7, 11) is -0.601. The van der Waals surface area contributed by atoms with E-state index in [2.05, 4.69) is 41.2 Å². The number of pyridine rings is 1. The first-order chi connectivity index (χ1) is 9.63. The molecule has 0 spiro atoms. The number of rotatable bonds is 6. The van der Waals surface area contributed by atoms with E-state index in [4.69, 9.17) is 0 Å². The molecule has 2 rings (SSSR count). The molecule has 1 saturated heterocycles. The summed E-state index contributed by atoms with van der Waals surface area (Å²) in [5.74, 6) is 2.28. The summed E-state index contributed by atoms with van der Waals surface area (Å²) in [6.45, 7) is 9.05. The van der Waals surface area contributed by atoms with Crippen molar-refractivity contribution in [2.45, 2.75) is 26.9 Å². The van der Waals surface area contributed by atoms with Crippen molar-refractivity contribution < 1.29 is 4.21 Å². The molecule has 20 heavy (non-hydrogen) atoms. The van der Waals surface area contributed by atoms with Crippen LogP contribution in [-0.4, -0.2) is 45.2 Å². The SMILES string of the molecule is CC(C)CNCc1ccc(CN2CCS(=O)CC2)nc1. The summed E-state index contributed by atoms with van der Waals surface area (Å²) in [6, 6.07) is 4.26. The molecule has 1 aromatic heterocycles. The maximum absolute atomic E-state index is 11.3. The Hall–Kier alpha value is -0.780. The van der Waals surface area contributed by atoms with Crippen molar-refractivity contribution in [3.8, 4) is 0 Å². The maximum Gasteiger partial charge on any atom is 0.0544 e. The number of nitrogens with zero attached hydrogens (tertiary/aromatic N) is 2. The first kappa shape index (κ1) is 15.6. The molecule has 0 unspecified atom stereocenters. The third kappa shape index (κ3) is 5.31. The highest BCUT2D eigenvalue weighted by molar-refractivity contribution is 7.85. The largest absolute Gasteiger partial charge is 0.312 e. The van der Waals surface area contributed by atoms with Gasteiger partial charge >= 0.3 is 0 Å². The van der Waals surface area contributed by atoms with E-state index in [-0.39, 0.29) is 0 Å². The van der Waals surface area contributed by atoms with Crippen molar-refractivity contribution >= 4 is 10.8 Å². The summed E-state index contributed by atoms with van der Waals surface area (Å²) in [6.07, 6.45) is 1.96. The summed E-state index contributed by atoms with van der Waals surface area (Å²) in [5, 5.41) is 3.42. The van der Waals surface area contributed by atoms with E-state index >= 15 is 0 Å². The molecule has 5 heteroatoms. The molecule has 1 fully saturated rings. The highest BCUT2D eigenvalue weighted by atomic mass is 32.2. The second-order valence-corrected chi connectivity index (χ2v) is 7.50. The standard InChI is InChI=1S/C15H25N3OS/c1-13(2)9-16-10-14-3-4-15(17-11-14)12-18-5-7-20(19)8-6-18/h3-4,11,13,16H,5-10,12H2,1-2H3. The van der Waals surface area contributed by atoms with Crippen molar-refractivity contribution in [1.29, 1.82) is 0 Å². The quantitative estimate of drug-likeness (QED) is 0.861. The first-order valence-electron chi connectivity index (χ1n) is 7.35. The van der Waals surface area contributed by atoms with E-state index in [1.807, 2.05) is 6.20 Å². The van der Waals surface area contributed by atoms with Crippen LogP contribution in [0.1, 0.15) is 25.1 Å². The van der Waals surface area contributed by atoms with Crippen LogP contribution in [0.5, 0.6) is 0 Å². The number of aromatic nitrogens is 1. The van der Waals surface area contributed by atoms with E-state index in [1.165, 1.54) is 5.56 Å². The van der Waals surface area contributed by atoms with Gasteiger partial charge in [0.2, 0.25) is 0 Å². The van der Waals surface area contributed by atoms with Gasteiger partial charge in [0.1, 0.15) is 0 Å². The third-order valence-corrected chi connectivity index (χ3v) is 4.70. The lowest BCUT2D eigenvalue weighted by Gasteiger charge is -2.25. The summed E-state index contributed by atoms with van der Waals surface area (Å²) in [4.78, 5) is 6.87. The second kappa shape index (κ2) is 7.86. The van der Waals surface area contributed by atoms with Crippen molar-refractivity contribution in [2.75, 3.05) is 31.1 Å². The van der Waals surface area contributed by atoms with Crippen LogP contribution in [0.4, 0.5) is 0 Å². The molecule has 0 radical (unpaired) electrons. The normalized spacial score (nSPS) is 17.8. The topological polar surface area (TPSA) is 45.2 Å². The minimum Gasteiger partial charge on any atom is -0.312 e. The van der Waals surface area contributed by atoms with Gasteiger partial charge in [-0.1, -0.05) is 19.9 Å². The van der Waals surface area contributed by atoms with Gasteiger partial charge in [-0.25, -0.2) is 0 Å². The first-order valence-corrected chi connectivity index (χ1v) is 8.84. The van der Waals surface area contributed by atoms with Gasteiger partial charge in [-0.2, -0.15) is 0 Å². The Morgan fingerprint density at radius 3 is 2.70 bits per heavy atom. The van der Waals surface area contributed by atoms with Crippen molar-refractivity contribution in [1.82, 2.24) is 15.2 Å². The van der Waals surface area contributed by atoms with Gasteiger partial charge in [-0.15, -0.1) is 0 Å². The minimum absolute atomic E-state index is 0.601. The highest BCUT2D eigenvalue weighted by Crippen LogP contribution is 2.07. The van der Waals surface area contributed by atoms with Crippen LogP contribution in [-0.2, 0) is 23.9 Å². The molecule has 1 aromatic rings. The minimum atomic E-state index is -0.601. The number of hydrogen-bond acceptors (Lipinski definition) is 4. The van der Waals surface area contributed by atoms with E-state index in [9.17, 15) is 4.21 Å². The molecule has 1 aliphatic rings. The predicted molar refractivity (Wildman–Crippen MR) is 83.9 cm³/mol. The third-order valence-electron chi connectivity index (χ3n) is 3.42. The molecular formula is C15H25N3OS. The Labute approximate surface area is 124 Å². The maximum atomic E-state index is 11.3. The molecular weight excluding hydrogens is 270 g/mol. The van der Waals surface area contributed by atoms with Crippen LogP contribution >= 0.6 is 0 Å². The molecule has 0 amide bonds. The molecule has 0 aromatic carbocycles. The van der Waals surface area contributed by atoms with Crippen molar-refractivity contribution in [3.63, 3.8) is 0 Å². The Morgan fingerprint density at radius 2 is 2.10 bits per heavy atom. The van der Waals surface area contributed by atoms with Crippen LogP contribution in [0.2, 0.25) is 0 Å². The zero-order valence-corrected chi connectivity index (χ0v) is 13.3. The molecule has 112 valence electrons. The second-order valence-electron chi connectivity index (χ2n) is 5.81. The molecule has 0 atom stereocenters. The zero-order valence-electron chi connectivity index (χ0n) is 12.5. The van der Waals surface area contributed by atoms with Gasteiger partial charge in [0.05, 0.1) is 5.69 Å². The Kier molecular flexibility index (Phi) is 6.13. The van der Waals surface area contributed by atoms with Gasteiger partial charge in [0, 0.05) is 54.7 Å². The van der Waals surface area contributed by atoms with Crippen LogP contribution in [0, 0.1) is 5.92 Å². The molecule has 1 aliphatic heterocycles. The summed E-state index contributed by atoms with van der Waals surface area (Å²) in [5.41, 5.74) is 2.33. The number of nitrogens with one attached hydrogen (secondary N) is 1. The predicted octanol–water partition coefficient (Wildman–Crippen LogP) is 1.39. The van der Waals surface area contributed by atoms with Crippen LogP contribution in [0.25, 0.3) is 0 Å². The number of hydrogen-bond donors (Lipinski definition) is 1. The van der Waals surface area contributed by atoms with Gasteiger partial charge in [0.15, 0.2) is 0 Å². The lowest BCUT2D eigenvalue weighted by molar-refractivity contribution is 0.288. The average molecular weight is 295 g/mol. The molecule has 0 saturated carbocycles. The average Bonchev–Trinajstić information content (AvgIpc) is 2.43. The molecule has 4 nitrogen and oxygen atoms in total. The Bertz CT molecular complexity index is 423. The van der Waals surface area contributed by atoms with E-state index < -0.39 is 10.8 Å². The highest BCUT2D eigenvalue weighted by Gasteiger charge is 2.15. The van der Waals surface area contributed by atoms with Crippen LogP contribution in [0.3, 0.4) is 0 Å².